The minimum Gasteiger partial charge on any atom is -0.395 e. The van der Waals surface area contributed by atoms with E-state index in [1.807, 2.05) is 6.92 Å². The number of rotatable bonds is 5. The van der Waals surface area contributed by atoms with Gasteiger partial charge in [0.2, 0.25) is 0 Å². The number of imidazole rings is 1. The molecule has 23 heavy (non-hydrogen) atoms. The first kappa shape index (κ1) is 16.2. The summed E-state index contributed by atoms with van der Waals surface area (Å²) < 4.78 is 7.59. The van der Waals surface area contributed by atoms with Crippen LogP contribution in [0, 0.1) is 0 Å². The fraction of sp³-hybridized carbons (Fsp3) is 0.647. The first-order chi connectivity index (χ1) is 11.0. The first-order valence-corrected chi connectivity index (χ1v) is 8.36. The summed E-state index contributed by atoms with van der Waals surface area (Å²) in [5.74, 6) is 1.28. The lowest BCUT2D eigenvalue weighted by molar-refractivity contribution is 0.125. The number of nitrogens with two attached hydrogens (primary N) is 1. The second-order valence-corrected chi connectivity index (χ2v) is 6.80. The lowest BCUT2D eigenvalue weighted by Crippen LogP contribution is -2.26. The van der Waals surface area contributed by atoms with E-state index in [9.17, 15) is 5.11 Å². The molecule has 0 saturated heterocycles. The summed E-state index contributed by atoms with van der Waals surface area (Å²) >= 11 is 0. The van der Waals surface area contributed by atoms with Gasteiger partial charge in [0.1, 0.15) is 17.9 Å². The van der Waals surface area contributed by atoms with Gasteiger partial charge < -0.3 is 20.1 Å². The number of nitrogen functional groups attached to an aromatic ring is 1. The van der Waals surface area contributed by atoms with Crippen LogP contribution in [0.5, 0.6) is 0 Å². The Bertz CT molecular complexity index is 721. The molecule has 0 radical (unpaired) electrons. The van der Waals surface area contributed by atoms with E-state index in [1.54, 1.807) is 0 Å². The van der Waals surface area contributed by atoms with Crippen LogP contribution >= 0.6 is 0 Å². The first-order valence-electron chi connectivity index (χ1n) is 8.36. The van der Waals surface area contributed by atoms with Gasteiger partial charge in [-0.1, -0.05) is 13.8 Å². The zero-order valence-electron chi connectivity index (χ0n) is 14.2. The van der Waals surface area contributed by atoms with Crippen molar-refractivity contribution in [2.24, 2.45) is 0 Å². The minimum absolute atomic E-state index is 0.0181. The Hall–Kier alpha value is -1.66. The SMILES string of the molecule is CCOCc1nc2c(N)nc3c(c2n1CCO)CCCC3(C)C. The van der Waals surface area contributed by atoms with Crippen molar-refractivity contribution in [2.75, 3.05) is 18.9 Å². The van der Waals surface area contributed by atoms with Gasteiger partial charge in [-0.05, 0) is 26.2 Å². The molecule has 6 heteroatoms. The van der Waals surface area contributed by atoms with Crippen LogP contribution in [-0.2, 0) is 29.7 Å². The topological polar surface area (TPSA) is 86.2 Å². The number of anilines is 1. The van der Waals surface area contributed by atoms with Gasteiger partial charge in [0.05, 0.1) is 17.8 Å². The highest BCUT2D eigenvalue weighted by atomic mass is 16.5. The zero-order valence-corrected chi connectivity index (χ0v) is 14.2. The molecule has 0 bridgehead atoms. The van der Waals surface area contributed by atoms with E-state index in [0.717, 1.165) is 41.8 Å². The largest absolute Gasteiger partial charge is 0.395 e. The second kappa shape index (κ2) is 6.09. The predicted molar refractivity (Wildman–Crippen MR) is 90.3 cm³/mol. The molecule has 2 heterocycles. The summed E-state index contributed by atoms with van der Waals surface area (Å²) in [4.78, 5) is 9.35. The molecule has 1 aliphatic carbocycles. The van der Waals surface area contributed by atoms with Gasteiger partial charge in [0.15, 0.2) is 5.82 Å². The van der Waals surface area contributed by atoms with Crippen molar-refractivity contribution in [1.29, 1.82) is 0 Å². The standard InChI is InChI=1S/C17H26N4O2/c1-4-23-10-12-19-13-14(21(12)8-9-22)11-6-5-7-17(2,3)15(11)20-16(13)18/h22H,4-10H2,1-3H3,(H2,18,20). The Kier molecular flexibility index (Phi) is 4.29. The van der Waals surface area contributed by atoms with Crippen LogP contribution < -0.4 is 5.73 Å². The Balaban J connectivity index is 2.27. The average molecular weight is 318 g/mol. The maximum atomic E-state index is 9.49. The van der Waals surface area contributed by atoms with Gasteiger partial charge in [-0.25, -0.2) is 9.97 Å². The van der Waals surface area contributed by atoms with E-state index in [-0.39, 0.29) is 12.0 Å². The molecular formula is C17H26N4O2. The molecule has 0 atom stereocenters. The van der Waals surface area contributed by atoms with E-state index in [1.165, 1.54) is 5.56 Å². The van der Waals surface area contributed by atoms with Crippen molar-refractivity contribution >= 4 is 16.9 Å². The Morgan fingerprint density at radius 3 is 2.83 bits per heavy atom. The van der Waals surface area contributed by atoms with E-state index in [4.69, 9.17) is 10.5 Å². The molecule has 0 fully saturated rings. The van der Waals surface area contributed by atoms with Gasteiger partial charge in [-0.2, -0.15) is 0 Å². The molecule has 0 aromatic carbocycles. The third kappa shape index (κ3) is 2.70. The molecule has 126 valence electrons. The maximum absolute atomic E-state index is 9.49. The van der Waals surface area contributed by atoms with Crippen LogP contribution in [0.25, 0.3) is 11.0 Å². The van der Waals surface area contributed by atoms with Crippen LogP contribution in [0.4, 0.5) is 5.82 Å². The lowest BCUT2D eigenvalue weighted by atomic mass is 9.75. The maximum Gasteiger partial charge on any atom is 0.151 e. The van der Waals surface area contributed by atoms with Crippen molar-refractivity contribution in [3.8, 4) is 0 Å². The summed E-state index contributed by atoms with van der Waals surface area (Å²) in [7, 11) is 0. The number of nitrogens with zero attached hydrogens (tertiary/aromatic N) is 3. The van der Waals surface area contributed by atoms with Gasteiger partial charge in [-0.3, -0.25) is 0 Å². The molecule has 2 aromatic heterocycles. The number of aliphatic hydroxyl groups is 1. The molecular weight excluding hydrogens is 292 g/mol. The summed E-state index contributed by atoms with van der Waals surface area (Å²) in [6.45, 7) is 8.00. The molecule has 0 amide bonds. The summed E-state index contributed by atoms with van der Waals surface area (Å²) in [6.07, 6.45) is 3.22. The predicted octanol–water partition coefficient (Wildman–Crippen LogP) is 2.16. The van der Waals surface area contributed by atoms with E-state index < -0.39 is 0 Å². The van der Waals surface area contributed by atoms with E-state index in [2.05, 4.69) is 28.4 Å². The van der Waals surface area contributed by atoms with Crippen molar-refractivity contribution in [3.63, 3.8) is 0 Å². The third-order valence-corrected chi connectivity index (χ3v) is 4.72. The van der Waals surface area contributed by atoms with Crippen molar-refractivity contribution < 1.29 is 9.84 Å². The van der Waals surface area contributed by atoms with E-state index in [0.29, 0.717) is 25.6 Å². The number of hydrogen-bond acceptors (Lipinski definition) is 5. The molecule has 3 rings (SSSR count). The van der Waals surface area contributed by atoms with Crippen molar-refractivity contribution in [1.82, 2.24) is 14.5 Å². The summed E-state index contributed by atoms with van der Waals surface area (Å²) in [6, 6.07) is 0. The van der Waals surface area contributed by atoms with Crippen LogP contribution in [0.1, 0.15) is 50.7 Å². The molecule has 3 N–H and O–H groups in total. The molecule has 0 spiro atoms. The van der Waals surface area contributed by atoms with Crippen LogP contribution in [0.3, 0.4) is 0 Å². The Morgan fingerprint density at radius 1 is 1.35 bits per heavy atom. The Morgan fingerprint density at radius 2 is 2.13 bits per heavy atom. The Labute approximate surface area is 136 Å². The molecule has 0 unspecified atom stereocenters. The average Bonchev–Trinajstić information content (AvgIpc) is 2.86. The van der Waals surface area contributed by atoms with Gasteiger partial charge >= 0.3 is 0 Å². The number of fused-ring (bicyclic) bond motifs is 3. The van der Waals surface area contributed by atoms with Gasteiger partial charge in [-0.15, -0.1) is 0 Å². The fourth-order valence-corrected chi connectivity index (χ4v) is 3.60. The van der Waals surface area contributed by atoms with Crippen molar-refractivity contribution in [2.45, 2.75) is 58.6 Å². The molecule has 0 aliphatic heterocycles. The smallest absolute Gasteiger partial charge is 0.151 e. The highest BCUT2D eigenvalue weighted by Crippen LogP contribution is 2.40. The number of ether oxygens (including phenoxy) is 1. The minimum atomic E-state index is 0.0181. The summed E-state index contributed by atoms with van der Waals surface area (Å²) in [5.41, 5.74) is 10.3. The monoisotopic (exact) mass is 318 g/mol. The lowest BCUT2D eigenvalue weighted by Gasteiger charge is -2.32. The molecule has 6 nitrogen and oxygen atoms in total. The number of aliphatic hydroxyl groups excluding tert-OH is 1. The number of aromatic nitrogens is 3. The normalized spacial score (nSPS) is 16.7. The highest BCUT2D eigenvalue weighted by Gasteiger charge is 2.32. The zero-order chi connectivity index (χ0) is 16.6. The molecule has 0 saturated carbocycles. The number of pyridine rings is 1. The second-order valence-electron chi connectivity index (χ2n) is 6.80. The van der Waals surface area contributed by atoms with Crippen molar-refractivity contribution in [3.05, 3.63) is 17.1 Å². The molecule has 2 aromatic rings. The molecule has 1 aliphatic rings. The summed E-state index contributed by atoms with van der Waals surface area (Å²) in [5, 5.41) is 9.49. The number of hydrogen-bond donors (Lipinski definition) is 2. The van der Waals surface area contributed by atoms with E-state index >= 15 is 0 Å². The third-order valence-electron chi connectivity index (χ3n) is 4.72. The van der Waals surface area contributed by atoms with Crippen LogP contribution in [-0.4, -0.2) is 32.9 Å². The van der Waals surface area contributed by atoms with Gasteiger partial charge in [0.25, 0.3) is 0 Å². The fourth-order valence-electron chi connectivity index (χ4n) is 3.60. The number of aryl methyl sites for hydroxylation is 1. The highest BCUT2D eigenvalue weighted by molar-refractivity contribution is 5.89. The van der Waals surface area contributed by atoms with Gasteiger partial charge in [0, 0.05) is 24.1 Å². The van der Waals surface area contributed by atoms with Crippen LogP contribution in [0.15, 0.2) is 0 Å². The quantitative estimate of drug-likeness (QED) is 0.882. The van der Waals surface area contributed by atoms with Crippen LogP contribution in [0.2, 0.25) is 0 Å².